The lowest BCUT2D eigenvalue weighted by atomic mass is 9.89. The molecule has 0 aromatic rings. The van der Waals surface area contributed by atoms with Gasteiger partial charge in [-0.15, -0.1) is 0 Å². The molecule has 0 aromatic heterocycles. The molecule has 1 rings (SSSR count). The van der Waals surface area contributed by atoms with Gasteiger partial charge in [0.1, 0.15) is 0 Å². The lowest BCUT2D eigenvalue weighted by Gasteiger charge is -2.24. The second-order valence-corrected chi connectivity index (χ2v) is 5.95. The first-order chi connectivity index (χ1) is 8.95. The molecule has 1 fully saturated rings. The van der Waals surface area contributed by atoms with Gasteiger partial charge in [0, 0.05) is 19.5 Å². The fourth-order valence-corrected chi connectivity index (χ4v) is 2.61. The Bertz CT molecular complexity index is 312. The first-order valence-corrected chi connectivity index (χ1v) is 7.19. The lowest BCUT2D eigenvalue weighted by Crippen LogP contribution is -2.42. The minimum atomic E-state index is -0.812. The molecule has 1 saturated carbocycles. The van der Waals surface area contributed by atoms with Crippen LogP contribution in [0.2, 0.25) is 0 Å². The van der Waals surface area contributed by atoms with E-state index >= 15 is 0 Å². The van der Waals surface area contributed by atoms with Crippen LogP contribution in [0.3, 0.4) is 0 Å². The van der Waals surface area contributed by atoms with Crippen molar-refractivity contribution < 1.29 is 14.7 Å². The van der Waals surface area contributed by atoms with Crippen molar-refractivity contribution in [1.29, 1.82) is 0 Å². The fraction of sp³-hybridized carbons (Fsp3) is 0.857. The van der Waals surface area contributed by atoms with Crippen LogP contribution in [0.15, 0.2) is 0 Å². The summed E-state index contributed by atoms with van der Waals surface area (Å²) in [4.78, 5) is 22.3. The minimum Gasteiger partial charge on any atom is -0.481 e. The van der Waals surface area contributed by atoms with E-state index in [9.17, 15) is 9.59 Å². The van der Waals surface area contributed by atoms with Crippen LogP contribution in [0.4, 0.5) is 4.79 Å². The van der Waals surface area contributed by atoms with Gasteiger partial charge in [-0.1, -0.05) is 33.1 Å². The van der Waals surface area contributed by atoms with Gasteiger partial charge in [0.25, 0.3) is 0 Å². The summed E-state index contributed by atoms with van der Waals surface area (Å²) < 4.78 is 0. The third kappa shape index (κ3) is 5.94. The average molecular weight is 270 g/mol. The molecule has 2 amide bonds. The monoisotopic (exact) mass is 270 g/mol. The Morgan fingerprint density at radius 2 is 1.89 bits per heavy atom. The molecule has 0 heterocycles. The van der Waals surface area contributed by atoms with Crippen molar-refractivity contribution >= 4 is 12.0 Å². The number of rotatable bonds is 7. The molecule has 1 unspecified atom stereocenters. The zero-order chi connectivity index (χ0) is 14.3. The van der Waals surface area contributed by atoms with E-state index in [-0.39, 0.29) is 23.8 Å². The highest BCUT2D eigenvalue weighted by molar-refractivity contribution is 5.74. The predicted octanol–water partition coefficient (Wildman–Crippen LogP) is 2.37. The van der Waals surface area contributed by atoms with E-state index in [1.807, 2.05) is 6.92 Å². The van der Waals surface area contributed by atoms with Gasteiger partial charge in [0.15, 0.2) is 0 Å². The summed E-state index contributed by atoms with van der Waals surface area (Å²) in [6.07, 6.45) is 5.69. The smallest absolute Gasteiger partial charge is 0.314 e. The van der Waals surface area contributed by atoms with Crippen LogP contribution in [0.1, 0.15) is 52.4 Å². The molecule has 5 heteroatoms. The lowest BCUT2D eigenvalue weighted by molar-refractivity contribution is -0.138. The van der Waals surface area contributed by atoms with E-state index in [0.717, 1.165) is 6.42 Å². The first kappa shape index (κ1) is 15.8. The molecule has 110 valence electrons. The van der Waals surface area contributed by atoms with E-state index in [4.69, 9.17) is 5.11 Å². The maximum absolute atomic E-state index is 11.7. The van der Waals surface area contributed by atoms with Gasteiger partial charge < -0.3 is 15.7 Å². The standard InChI is InChI=1S/C14H26N2O3/c1-3-11(8-12(17)18)9-15-13(19)16-10-14(2)6-4-5-7-14/h11H,3-10H2,1-2H3,(H,17,18)(H2,15,16,19). The number of aliphatic carboxylic acids is 1. The molecule has 1 aliphatic rings. The summed E-state index contributed by atoms with van der Waals surface area (Å²) in [5.74, 6) is -0.808. The number of amides is 2. The summed E-state index contributed by atoms with van der Waals surface area (Å²) in [7, 11) is 0. The Kier molecular flexibility index (Phi) is 6.12. The van der Waals surface area contributed by atoms with Crippen LogP contribution in [0, 0.1) is 11.3 Å². The van der Waals surface area contributed by atoms with E-state index in [0.29, 0.717) is 13.1 Å². The number of hydrogen-bond acceptors (Lipinski definition) is 2. The largest absolute Gasteiger partial charge is 0.481 e. The molecule has 1 aliphatic carbocycles. The highest BCUT2D eigenvalue weighted by atomic mass is 16.4. The van der Waals surface area contributed by atoms with Crippen LogP contribution >= 0.6 is 0 Å². The van der Waals surface area contributed by atoms with Gasteiger partial charge in [-0.3, -0.25) is 4.79 Å². The van der Waals surface area contributed by atoms with Crippen LogP contribution < -0.4 is 10.6 Å². The topological polar surface area (TPSA) is 78.4 Å². The highest BCUT2D eigenvalue weighted by Crippen LogP contribution is 2.36. The second-order valence-electron chi connectivity index (χ2n) is 5.95. The van der Waals surface area contributed by atoms with E-state index in [1.54, 1.807) is 0 Å². The molecule has 0 aliphatic heterocycles. The summed E-state index contributed by atoms with van der Waals surface area (Å²) in [5.41, 5.74) is 0.239. The Hall–Kier alpha value is -1.26. The van der Waals surface area contributed by atoms with Gasteiger partial charge in [0.05, 0.1) is 0 Å². The molecule has 1 atom stereocenters. The van der Waals surface area contributed by atoms with Crippen molar-refractivity contribution in [2.45, 2.75) is 52.4 Å². The Labute approximate surface area is 115 Å². The third-order valence-corrected chi connectivity index (χ3v) is 4.08. The van der Waals surface area contributed by atoms with Crippen LogP contribution in [-0.2, 0) is 4.79 Å². The Morgan fingerprint density at radius 1 is 1.26 bits per heavy atom. The summed E-state index contributed by atoms with van der Waals surface area (Å²) in [6, 6.07) is -0.183. The minimum absolute atomic E-state index is 0.00492. The molecule has 0 spiro atoms. The maximum Gasteiger partial charge on any atom is 0.314 e. The van der Waals surface area contributed by atoms with Gasteiger partial charge in [-0.05, 0) is 24.2 Å². The van der Waals surface area contributed by atoms with Crippen molar-refractivity contribution in [3.63, 3.8) is 0 Å². The zero-order valence-corrected chi connectivity index (χ0v) is 12.0. The Morgan fingerprint density at radius 3 is 2.42 bits per heavy atom. The Balaban J connectivity index is 2.21. The zero-order valence-electron chi connectivity index (χ0n) is 12.0. The molecular weight excluding hydrogens is 244 g/mol. The van der Waals surface area contributed by atoms with E-state index in [2.05, 4.69) is 17.6 Å². The number of carbonyl (C=O) groups excluding carboxylic acids is 1. The second kappa shape index (κ2) is 7.36. The predicted molar refractivity (Wildman–Crippen MR) is 74.0 cm³/mol. The number of carbonyl (C=O) groups is 2. The molecule has 0 bridgehead atoms. The van der Waals surface area contributed by atoms with Gasteiger partial charge in [-0.2, -0.15) is 0 Å². The maximum atomic E-state index is 11.7. The molecule has 3 N–H and O–H groups in total. The quantitative estimate of drug-likeness (QED) is 0.664. The van der Waals surface area contributed by atoms with Crippen molar-refractivity contribution in [3.05, 3.63) is 0 Å². The van der Waals surface area contributed by atoms with Gasteiger partial charge in [0.2, 0.25) is 0 Å². The van der Waals surface area contributed by atoms with Crippen molar-refractivity contribution in [2.24, 2.45) is 11.3 Å². The molecule has 0 saturated heterocycles. The van der Waals surface area contributed by atoms with Crippen LogP contribution in [0.5, 0.6) is 0 Å². The molecular formula is C14H26N2O3. The summed E-state index contributed by atoms with van der Waals surface area (Å²) in [6.45, 7) is 5.27. The molecule has 5 nitrogen and oxygen atoms in total. The SMILES string of the molecule is CCC(CNC(=O)NCC1(C)CCCC1)CC(=O)O. The average Bonchev–Trinajstić information content (AvgIpc) is 2.79. The molecule has 19 heavy (non-hydrogen) atoms. The normalized spacial score (nSPS) is 18.8. The molecule has 0 radical (unpaired) electrons. The number of hydrogen-bond donors (Lipinski definition) is 3. The first-order valence-electron chi connectivity index (χ1n) is 7.19. The molecule has 0 aromatic carbocycles. The summed E-state index contributed by atoms with van der Waals surface area (Å²) in [5, 5.41) is 14.4. The van der Waals surface area contributed by atoms with Crippen molar-refractivity contribution in [1.82, 2.24) is 10.6 Å². The number of urea groups is 1. The van der Waals surface area contributed by atoms with Gasteiger partial charge >= 0.3 is 12.0 Å². The highest BCUT2D eigenvalue weighted by Gasteiger charge is 2.28. The number of nitrogens with one attached hydrogen (secondary N) is 2. The third-order valence-electron chi connectivity index (χ3n) is 4.08. The van der Waals surface area contributed by atoms with Crippen LogP contribution in [-0.4, -0.2) is 30.2 Å². The number of carboxylic acids is 1. The van der Waals surface area contributed by atoms with Crippen molar-refractivity contribution in [3.8, 4) is 0 Å². The van der Waals surface area contributed by atoms with Crippen LogP contribution in [0.25, 0.3) is 0 Å². The van der Waals surface area contributed by atoms with Gasteiger partial charge in [-0.25, -0.2) is 4.79 Å². The van der Waals surface area contributed by atoms with E-state index in [1.165, 1.54) is 25.7 Å². The summed E-state index contributed by atoms with van der Waals surface area (Å²) >= 11 is 0. The fourth-order valence-electron chi connectivity index (χ4n) is 2.61. The van der Waals surface area contributed by atoms with Crippen molar-refractivity contribution in [2.75, 3.05) is 13.1 Å². The van der Waals surface area contributed by atoms with E-state index < -0.39 is 5.97 Å². The number of carboxylic acid groups (broad SMARTS) is 1.